The van der Waals surface area contributed by atoms with Crippen molar-refractivity contribution in [2.75, 3.05) is 31.1 Å². The molecule has 5 rings (SSSR count). The lowest BCUT2D eigenvalue weighted by atomic mass is 10.1. The summed E-state index contributed by atoms with van der Waals surface area (Å²) in [4.78, 5) is 25.6. The molecule has 1 aromatic heterocycles. The van der Waals surface area contributed by atoms with E-state index in [4.69, 9.17) is 4.74 Å². The van der Waals surface area contributed by atoms with Gasteiger partial charge in [-0.1, -0.05) is 0 Å². The van der Waals surface area contributed by atoms with Gasteiger partial charge in [0.15, 0.2) is 5.82 Å². The maximum absolute atomic E-state index is 15.6. The highest BCUT2D eigenvalue weighted by atomic mass is 19.1. The molecule has 1 aromatic carbocycles. The SMILES string of the molecule is O=C(O)c1cn(C2CC2)c2c(F)c(N3C[C@H]4NCCO[C@@H]4C3)c(F)cc2c1=O. The normalized spacial score (nSPS) is 24.6. The van der Waals surface area contributed by atoms with Gasteiger partial charge >= 0.3 is 5.97 Å². The highest BCUT2D eigenvalue weighted by molar-refractivity contribution is 5.94. The summed E-state index contributed by atoms with van der Waals surface area (Å²) in [5.41, 5.74) is -1.57. The Morgan fingerprint density at radius 1 is 1.29 bits per heavy atom. The number of hydrogen-bond donors (Lipinski definition) is 2. The summed E-state index contributed by atoms with van der Waals surface area (Å²) < 4.78 is 37.7. The number of halogens is 2. The van der Waals surface area contributed by atoms with E-state index in [0.29, 0.717) is 26.2 Å². The van der Waals surface area contributed by atoms with Crippen molar-refractivity contribution in [1.29, 1.82) is 0 Å². The number of benzene rings is 1. The average Bonchev–Trinajstić information content (AvgIpc) is 3.41. The maximum Gasteiger partial charge on any atom is 0.341 e. The minimum absolute atomic E-state index is 0.0109. The van der Waals surface area contributed by atoms with Crippen molar-refractivity contribution in [3.8, 4) is 0 Å². The van der Waals surface area contributed by atoms with E-state index in [1.807, 2.05) is 0 Å². The number of morpholine rings is 1. The van der Waals surface area contributed by atoms with Crippen LogP contribution in [0.5, 0.6) is 0 Å². The Morgan fingerprint density at radius 3 is 2.75 bits per heavy atom. The number of hydrogen-bond acceptors (Lipinski definition) is 5. The van der Waals surface area contributed by atoms with Gasteiger partial charge in [-0.25, -0.2) is 13.6 Å². The van der Waals surface area contributed by atoms with Crippen LogP contribution in [0.25, 0.3) is 10.9 Å². The zero-order valence-corrected chi connectivity index (χ0v) is 15.0. The van der Waals surface area contributed by atoms with E-state index >= 15 is 4.39 Å². The summed E-state index contributed by atoms with van der Waals surface area (Å²) in [6.45, 7) is 1.98. The van der Waals surface area contributed by atoms with Gasteiger partial charge in [-0.05, 0) is 18.9 Å². The van der Waals surface area contributed by atoms with Crippen molar-refractivity contribution < 1.29 is 23.4 Å². The fourth-order valence-corrected chi connectivity index (χ4v) is 4.29. The molecule has 0 amide bonds. The molecule has 2 N–H and O–H groups in total. The van der Waals surface area contributed by atoms with Gasteiger partial charge in [0, 0.05) is 31.9 Å². The van der Waals surface area contributed by atoms with Crippen LogP contribution in [0.3, 0.4) is 0 Å². The Morgan fingerprint density at radius 2 is 2.07 bits per heavy atom. The zero-order chi connectivity index (χ0) is 19.6. The molecule has 3 aliphatic rings. The minimum Gasteiger partial charge on any atom is -0.477 e. The second-order valence-electron chi connectivity index (χ2n) is 7.61. The van der Waals surface area contributed by atoms with Crippen LogP contribution in [-0.4, -0.2) is 54.0 Å². The lowest BCUT2D eigenvalue weighted by Crippen LogP contribution is -2.47. The van der Waals surface area contributed by atoms with E-state index in [9.17, 15) is 19.1 Å². The van der Waals surface area contributed by atoms with E-state index in [0.717, 1.165) is 18.9 Å². The van der Waals surface area contributed by atoms with Crippen LogP contribution in [-0.2, 0) is 4.74 Å². The molecular weight excluding hydrogens is 372 g/mol. The first-order chi connectivity index (χ1) is 13.5. The highest BCUT2D eigenvalue weighted by Gasteiger charge is 2.38. The molecule has 3 fully saturated rings. The molecule has 0 radical (unpaired) electrons. The second-order valence-corrected chi connectivity index (χ2v) is 7.61. The van der Waals surface area contributed by atoms with Crippen molar-refractivity contribution in [3.63, 3.8) is 0 Å². The number of ether oxygens (including phenoxy) is 1. The summed E-state index contributed by atoms with van der Waals surface area (Å²) in [5, 5.41) is 12.4. The van der Waals surface area contributed by atoms with E-state index < -0.39 is 28.6 Å². The Balaban J connectivity index is 1.70. The van der Waals surface area contributed by atoms with E-state index in [1.165, 1.54) is 10.8 Å². The molecule has 1 aliphatic carbocycles. The average molecular weight is 391 g/mol. The molecule has 0 unspecified atom stereocenters. The van der Waals surface area contributed by atoms with Crippen LogP contribution in [0.2, 0.25) is 0 Å². The van der Waals surface area contributed by atoms with Gasteiger partial charge in [-0.2, -0.15) is 0 Å². The van der Waals surface area contributed by atoms with Crippen LogP contribution >= 0.6 is 0 Å². The number of nitrogens with one attached hydrogen (secondary N) is 1. The maximum atomic E-state index is 15.6. The second kappa shape index (κ2) is 6.25. The number of carbonyl (C=O) groups is 1. The molecule has 1 saturated carbocycles. The fraction of sp³-hybridized carbons (Fsp3) is 0.474. The van der Waals surface area contributed by atoms with E-state index in [-0.39, 0.29) is 34.8 Å². The van der Waals surface area contributed by atoms with Gasteiger partial charge in [0.05, 0.1) is 29.7 Å². The van der Waals surface area contributed by atoms with Crippen molar-refractivity contribution in [2.45, 2.75) is 31.0 Å². The van der Waals surface area contributed by atoms with Crippen LogP contribution in [0.15, 0.2) is 17.1 Å². The van der Waals surface area contributed by atoms with Crippen molar-refractivity contribution >= 4 is 22.6 Å². The molecule has 0 bridgehead atoms. The smallest absolute Gasteiger partial charge is 0.341 e. The van der Waals surface area contributed by atoms with E-state index in [1.54, 1.807) is 4.90 Å². The van der Waals surface area contributed by atoms with Gasteiger partial charge in [-0.15, -0.1) is 0 Å². The number of aromatic nitrogens is 1. The molecule has 2 saturated heterocycles. The number of pyridine rings is 1. The molecule has 2 aliphatic heterocycles. The molecule has 2 aromatic rings. The number of anilines is 1. The third kappa shape index (κ3) is 2.61. The van der Waals surface area contributed by atoms with Crippen molar-refractivity contribution in [1.82, 2.24) is 9.88 Å². The predicted molar refractivity (Wildman–Crippen MR) is 97.1 cm³/mol. The van der Waals surface area contributed by atoms with Crippen LogP contribution in [0.4, 0.5) is 14.5 Å². The summed E-state index contributed by atoms with van der Waals surface area (Å²) >= 11 is 0. The topological polar surface area (TPSA) is 83.8 Å². The number of carboxylic acid groups (broad SMARTS) is 1. The lowest BCUT2D eigenvalue weighted by Gasteiger charge is -2.25. The summed E-state index contributed by atoms with van der Waals surface area (Å²) in [7, 11) is 0. The Labute approximate surface area is 158 Å². The van der Waals surface area contributed by atoms with Gasteiger partial charge in [0.1, 0.15) is 17.1 Å². The third-order valence-electron chi connectivity index (χ3n) is 5.78. The Bertz CT molecular complexity index is 1040. The standard InChI is InChI=1S/C19H19F2N3O4/c20-12-5-10-16(24(9-1-2-9)6-11(18(10)25)19(26)27)15(21)17(12)23-7-13-14(8-23)28-4-3-22-13/h5-6,9,13-14,22H,1-4,7-8H2,(H,26,27)/t13-,14-/m1/s1. The minimum atomic E-state index is -1.40. The molecule has 2 atom stereocenters. The van der Waals surface area contributed by atoms with Gasteiger partial charge < -0.3 is 24.6 Å². The first-order valence-corrected chi connectivity index (χ1v) is 9.35. The number of fused-ring (bicyclic) bond motifs is 2. The quantitative estimate of drug-likeness (QED) is 0.825. The predicted octanol–water partition coefficient (Wildman–Crippen LogP) is 1.49. The zero-order valence-electron chi connectivity index (χ0n) is 15.0. The highest BCUT2D eigenvalue weighted by Crippen LogP contribution is 2.40. The first kappa shape index (κ1) is 17.6. The van der Waals surface area contributed by atoms with Crippen LogP contribution < -0.4 is 15.6 Å². The Hall–Kier alpha value is -2.52. The molecule has 7 nitrogen and oxygen atoms in total. The number of nitrogens with zero attached hydrogens (tertiary/aromatic N) is 2. The summed E-state index contributed by atoms with van der Waals surface area (Å²) in [6.07, 6.45) is 2.55. The largest absolute Gasteiger partial charge is 0.477 e. The molecule has 9 heteroatoms. The summed E-state index contributed by atoms with van der Waals surface area (Å²) in [6, 6.07) is 0.876. The molecule has 0 spiro atoms. The van der Waals surface area contributed by atoms with Crippen LogP contribution in [0, 0.1) is 11.6 Å². The van der Waals surface area contributed by atoms with Crippen molar-refractivity contribution in [2.24, 2.45) is 0 Å². The monoisotopic (exact) mass is 391 g/mol. The molecular formula is C19H19F2N3O4. The third-order valence-corrected chi connectivity index (χ3v) is 5.78. The lowest BCUT2D eigenvalue weighted by molar-refractivity contribution is 0.0212. The number of rotatable bonds is 3. The fourth-order valence-electron chi connectivity index (χ4n) is 4.29. The molecule has 28 heavy (non-hydrogen) atoms. The Kier molecular flexibility index (Phi) is 3.92. The number of carboxylic acids is 1. The number of aromatic carboxylic acids is 1. The van der Waals surface area contributed by atoms with Crippen molar-refractivity contribution in [3.05, 3.63) is 39.7 Å². The van der Waals surface area contributed by atoms with Gasteiger partial charge in [0.2, 0.25) is 5.43 Å². The van der Waals surface area contributed by atoms with Gasteiger partial charge in [-0.3, -0.25) is 4.79 Å². The summed E-state index contributed by atoms with van der Waals surface area (Å²) in [5.74, 6) is -3.10. The van der Waals surface area contributed by atoms with Crippen LogP contribution in [0.1, 0.15) is 29.2 Å². The first-order valence-electron chi connectivity index (χ1n) is 9.35. The van der Waals surface area contributed by atoms with Gasteiger partial charge in [0.25, 0.3) is 0 Å². The molecule has 3 heterocycles. The molecule has 148 valence electrons. The van der Waals surface area contributed by atoms with E-state index in [2.05, 4.69) is 5.32 Å².